The molecule has 0 amide bonds. The summed E-state index contributed by atoms with van der Waals surface area (Å²) in [6.07, 6.45) is 1.59. The molecule has 1 atom stereocenters. The molecule has 0 bridgehead atoms. The monoisotopic (exact) mass is 312 g/mol. The molecule has 0 saturated heterocycles. The van der Waals surface area contributed by atoms with E-state index < -0.39 is 0 Å². The van der Waals surface area contributed by atoms with E-state index in [4.69, 9.17) is 4.74 Å². The fourth-order valence-corrected chi connectivity index (χ4v) is 2.80. The lowest BCUT2D eigenvalue weighted by Gasteiger charge is -2.11. The normalized spacial score (nSPS) is 12.9. The molecule has 90 valence electrons. The Morgan fingerprint density at radius 2 is 2.24 bits per heavy atom. The van der Waals surface area contributed by atoms with Crippen LogP contribution in [0.2, 0.25) is 0 Å². The summed E-state index contributed by atoms with van der Waals surface area (Å²) in [6, 6.07) is 6.00. The van der Waals surface area contributed by atoms with Gasteiger partial charge in [-0.15, -0.1) is 0 Å². The van der Waals surface area contributed by atoms with Gasteiger partial charge >= 0.3 is 0 Å². The van der Waals surface area contributed by atoms with Gasteiger partial charge in [0.25, 0.3) is 0 Å². The average molecular weight is 313 g/mol. The highest BCUT2D eigenvalue weighted by Gasteiger charge is 2.09. The number of hydrogen-bond acceptors (Lipinski definition) is 4. The number of benzene rings is 1. The highest BCUT2D eigenvalue weighted by atomic mass is 79.9. The molecule has 17 heavy (non-hydrogen) atoms. The van der Waals surface area contributed by atoms with E-state index in [-0.39, 0.29) is 5.44 Å². The fourth-order valence-electron chi connectivity index (χ4n) is 1.53. The van der Waals surface area contributed by atoms with Crippen LogP contribution in [0, 0.1) is 0 Å². The molecule has 2 aromatic rings. The second kappa shape index (κ2) is 5.80. The standard InChI is InChI=1S/C12H13BrN2OS/c1-3-16-8(2)17-12-10-6-9(13)4-5-11(10)14-7-15-12/h4-8H,3H2,1-2H3. The van der Waals surface area contributed by atoms with Crippen LogP contribution in [0.25, 0.3) is 10.9 Å². The van der Waals surface area contributed by atoms with Crippen LogP contribution in [-0.2, 0) is 4.74 Å². The van der Waals surface area contributed by atoms with Crippen molar-refractivity contribution in [1.82, 2.24) is 9.97 Å². The van der Waals surface area contributed by atoms with Gasteiger partial charge in [0.2, 0.25) is 0 Å². The summed E-state index contributed by atoms with van der Waals surface area (Å²) in [4.78, 5) is 8.57. The van der Waals surface area contributed by atoms with E-state index in [1.807, 2.05) is 32.0 Å². The fraction of sp³-hybridized carbons (Fsp3) is 0.333. The lowest BCUT2D eigenvalue weighted by molar-refractivity contribution is 0.137. The first-order chi connectivity index (χ1) is 8.20. The zero-order valence-electron chi connectivity index (χ0n) is 9.68. The van der Waals surface area contributed by atoms with Crippen LogP contribution in [0.15, 0.2) is 34.0 Å². The van der Waals surface area contributed by atoms with Crippen molar-refractivity contribution in [2.45, 2.75) is 24.3 Å². The maximum atomic E-state index is 5.52. The Labute approximate surface area is 113 Å². The van der Waals surface area contributed by atoms with E-state index >= 15 is 0 Å². The van der Waals surface area contributed by atoms with E-state index in [9.17, 15) is 0 Å². The van der Waals surface area contributed by atoms with Crippen molar-refractivity contribution in [3.8, 4) is 0 Å². The zero-order valence-corrected chi connectivity index (χ0v) is 12.1. The average Bonchev–Trinajstić information content (AvgIpc) is 2.30. The summed E-state index contributed by atoms with van der Waals surface area (Å²) in [5, 5.41) is 2.01. The number of fused-ring (bicyclic) bond motifs is 1. The molecular formula is C12H13BrN2OS. The Morgan fingerprint density at radius 3 is 3.00 bits per heavy atom. The number of rotatable bonds is 4. The molecule has 0 aliphatic rings. The van der Waals surface area contributed by atoms with Gasteiger partial charge in [0.05, 0.1) is 5.52 Å². The van der Waals surface area contributed by atoms with Gasteiger partial charge in [0.1, 0.15) is 16.8 Å². The van der Waals surface area contributed by atoms with Gasteiger partial charge in [0, 0.05) is 16.5 Å². The van der Waals surface area contributed by atoms with Crippen LogP contribution in [0.5, 0.6) is 0 Å². The van der Waals surface area contributed by atoms with Crippen molar-refractivity contribution < 1.29 is 4.74 Å². The molecular weight excluding hydrogens is 300 g/mol. The van der Waals surface area contributed by atoms with E-state index in [1.165, 1.54) is 0 Å². The van der Waals surface area contributed by atoms with Gasteiger partial charge in [0.15, 0.2) is 0 Å². The summed E-state index contributed by atoms with van der Waals surface area (Å²) in [7, 11) is 0. The molecule has 5 heteroatoms. The third kappa shape index (κ3) is 3.18. The molecule has 2 rings (SSSR count). The molecule has 1 unspecified atom stereocenters. The van der Waals surface area contributed by atoms with Crippen LogP contribution in [0.4, 0.5) is 0 Å². The van der Waals surface area contributed by atoms with Crippen LogP contribution in [-0.4, -0.2) is 22.0 Å². The minimum atomic E-state index is 0.0945. The molecule has 1 aromatic carbocycles. The predicted octanol–water partition coefficient (Wildman–Crippen LogP) is 3.87. The first-order valence-corrected chi connectivity index (χ1v) is 7.06. The number of nitrogens with zero attached hydrogens (tertiary/aromatic N) is 2. The predicted molar refractivity (Wildman–Crippen MR) is 74.2 cm³/mol. The molecule has 0 aliphatic heterocycles. The van der Waals surface area contributed by atoms with Crippen LogP contribution < -0.4 is 0 Å². The topological polar surface area (TPSA) is 35.0 Å². The van der Waals surface area contributed by atoms with E-state index in [2.05, 4.69) is 25.9 Å². The first kappa shape index (κ1) is 12.8. The summed E-state index contributed by atoms with van der Waals surface area (Å²) in [6.45, 7) is 4.73. The zero-order chi connectivity index (χ0) is 12.3. The second-order valence-corrected chi connectivity index (χ2v) is 5.68. The van der Waals surface area contributed by atoms with Crippen molar-refractivity contribution >= 4 is 38.6 Å². The van der Waals surface area contributed by atoms with Gasteiger partial charge in [-0.25, -0.2) is 9.97 Å². The molecule has 0 aliphatic carbocycles. The lowest BCUT2D eigenvalue weighted by atomic mass is 10.2. The Kier molecular flexibility index (Phi) is 4.36. The number of halogens is 1. The van der Waals surface area contributed by atoms with Crippen LogP contribution in [0.3, 0.4) is 0 Å². The Bertz CT molecular complexity index is 521. The second-order valence-electron chi connectivity index (χ2n) is 3.48. The molecule has 0 radical (unpaired) electrons. The third-order valence-corrected chi connectivity index (χ3v) is 3.75. The maximum absolute atomic E-state index is 5.52. The molecule has 0 saturated carbocycles. The molecule has 0 fully saturated rings. The number of ether oxygens (including phenoxy) is 1. The Balaban J connectivity index is 2.36. The minimum absolute atomic E-state index is 0.0945. The van der Waals surface area contributed by atoms with E-state index in [0.717, 1.165) is 20.4 Å². The highest BCUT2D eigenvalue weighted by molar-refractivity contribution is 9.10. The summed E-state index contributed by atoms with van der Waals surface area (Å²) < 4.78 is 6.55. The van der Waals surface area contributed by atoms with E-state index in [0.29, 0.717) is 6.61 Å². The minimum Gasteiger partial charge on any atom is -0.368 e. The SMILES string of the molecule is CCOC(C)Sc1ncnc2ccc(Br)cc12. The smallest absolute Gasteiger partial charge is 0.117 e. The van der Waals surface area contributed by atoms with Crippen LogP contribution >= 0.6 is 27.7 Å². The third-order valence-electron chi connectivity index (χ3n) is 2.24. The van der Waals surface area contributed by atoms with Gasteiger partial charge in [-0.05, 0) is 32.0 Å². The number of thioether (sulfide) groups is 1. The van der Waals surface area contributed by atoms with Crippen molar-refractivity contribution in [2.75, 3.05) is 6.61 Å². The van der Waals surface area contributed by atoms with Gasteiger partial charge in [-0.1, -0.05) is 27.7 Å². The summed E-state index contributed by atoms with van der Waals surface area (Å²) in [5.41, 5.74) is 1.05. The number of aromatic nitrogens is 2. The van der Waals surface area contributed by atoms with E-state index in [1.54, 1.807) is 18.1 Å². The van der Waals surface area contributed by atoms with Gasteiger partial charge < -0.3 is 4.74 Å². The first-order valence-electron chi connectivity index (χ1n) is 5.39. The molecule has 3 nitrogen and oxygen atoms in total. The molecule has 1 aromatic heterocycles. The van der Waals surface area contributed by atoms with Crippen molar-refractivity contribution in [1.29, 1.82) is 0 Å². The quantitative estimate of drug-likeness (QED) is 0.488. The summed E-state index contributed by atoms with van der Waals surface area (Å²) >= 11 is 5.08. The van der Waals surface area contributed by atoms with Gasteiger partial charge in [-0.3, -0.25) is 0 Å². The lowest BCUT2D eigenvalue weighted by Crippen LogP contribution is -2.03. The molecule has 1 heterocycles. The van der Waals surface area contributed by atoms with Crippen LogP contribution in [0.1, 0.15) is 13.8 Å². The van der Waals surface area contributed by atoms with Crippen molar-refractivity contribution in [3.63, 3.8) is 0 Å². The number of hydrogen-bond donors (Lipinski definition) is 0. The maximum Gasteiger partial charge on any atom is 0.117 e. The van der Waals surface area contributed by atoms with Crippen molar-refractivity contribution in [3.05, 3.63) is 29.0 Å². The summed E-state index contributed by atoms with van der Waals surface area (Å²) in [5.74, 6) is 0. The van der Waals surface area contributed by atoms with Gasteiger partial charge in [-0.2, -0.15) is 0 Å². The van der Waals surface area contributed by atoms with Crippen molar-refractivity contribution in [2.24, 2.45) is 0 Å². The highest BCUT2D eigenvalue weighted by Crippen LogP contribution is 2.29. The molecule has 0 spiro atoms. The largest absolute Gasteiger partial charge is 0.368 e. The molecule has 0 N–H and O–H groups in total. The Hall–Kier alpha value is -0.650. The Morgan fingerprint density at radius 1 is 1.41 bits per heavy atom.